The van der Waals surface area contributed by atoms with Gasteiger partial charge in [0, 0.05) is 17.8 Å². The van der Waals surface area contributed by atoms with Crippen LogP contribution in [0.2, 0.25) is 0 Å². The van der Waals surface area contributed by atoms with E-state index in [0.29, 0.717) is 31.6 Å². The van der Waals surface area contributed by atoms with Crippen LogP contribution in [0.15, 0.2) is 18.2 Å². The number of unbranched alkanes of at least 4 members (excludes halogenated alkanes) is 6. The number of benzene rings is 1. The molecule has 246 valence electrons. The molecule has 9 heteroatoms. The van der Waals surface area contributed by atoms with Crippen molar-refractivity contribution in [3.8, 4) is 5.75 Å². The average Bonchev–Trinajstić information content (AvgIpc) is 3.14. The first kappa shape index (κ1) is 34.4. The highest BCUT2D eigenvalue weighted by molar-refractivity contribution is 5.41. The minimum absolute atomic E-state index is 0.122. The highest BCUT2D eigenvalue weighted by Gasteiger charge is 2.63. The van der Waals surface area contributed by atoms with E-state index in [4.69, 9.17) is 0 Å². The smallest absolute Gasteiger partial charge is 0.453 e. The molecule has 0 radical (unpaired) electrons. The predicted octanol–water partition coefficient (Wildman–Crippen LogP) is 9.20. The van der Waals surface area contributed by atoms with E-state index in [1.54, 1.807) is 6.07 Å². The van der Waals surface area contributed by atoms with Crippen LogP contribution in [-0.4, -0.2) is 59.1 Å². The predicted molar refractivity (Wildman–Crippen MR) is 157 cm³/mol. The van der Waals surface area contributed by atoms with E-state index < -0.39 is 35.7 Å². The van der Waals surface area contributed by atoms with Crippen molar-refractivity contribution in [2.24, 2.45) is 23.2 Å². The van der Waals surface area contributed by atoms with Gasteiger partial charge in [0.2, 0.25) is 0 Å². The Morgan fingerprint density at radius 1 is 0.930 bits per heavy atom. The summed E-state index contributed by atoms with van der Waals surface area (Å²) in [5.41, 5.74) is 0.813. The maximum absolute atomic E-state index is 16.1. The minimum atomic E-state index is -5.46. The lowest BCUT2D eigenvalue weighted by molar-refractivity contribution is -0.284. The Morgan fingerprint density at radius 3 is 2.23 bits per heavy atom. The van der Waals surface area contributed by atoms with Gasteiger partial charge < -0.3 is 15.1 Å². The summed E-state index contributed by atoms with van der Waals surface area (Å²) in [6, 6.07) is 5.41. The largest absolute Gasteiger partial charge is 0.508 e. The summed E-state index contributed by atoms with van der Waals surface area (Å²) in [6.45, 7) is 5.78. The standard InChI is InChI=1S/C34H51F6NO2/c1-31-22-28(35)30-26-14-13-25(42)21-24(26)20-23(29(30)27(31)15-17-32(31,2)43)12-8-7-11-19-41(3)18-10-6-4-5-9-16-33(36,37)34(38,39)40/h13-14,21,23,27-30,42-43H,4-12,15-20,22H2,1-3H3/t23-,27?,28?,29?,30?,31?,32+/m1/s1. The maximum Gasteiger partial charge on any atom is 0.453 e. The van der Waals surface area contributed by atoms with Gasteiger partial charge in [0.1, 0.15) is 11.9 Å². The Hall–Kier alpha value is -1.48. The second kappa shape index (κ2) is 13.5. The second-order valence-electron chi connectivity index (χ2n) is 14.4. The molecular formula is C34H51F6NO2. The molecule has 0 bridgehead atoms. The summed E-state index contributed by atoms with van der Waals surface area (Å²) in [5.74, 6) is -3.79. The first-order valence-electron chi connectivity index (χ1n) is 16.4. The number of aliphatic hydroxyl groups is 1. The molecule has 0 heterocycles. The third kappa shape index (κ3) is 7.50. The van der Waals surface area contributed by atoms with E-state index in [1.165, 1.54) is 0 Å². The lowest BCUT2D eigenvalue weighted by Gasteiger charge is -2.56. The second-order valence-corrected chi connectivity index (χ2v) is 14.4. The molecule has 0 aromatic heterocycles. The van der Waals surface area contributed by atoms with Crippen molar-refractivity contribution < 1.29 is 36.6 Å². The van der Waals surface area contributed by atoms with Crippen molar-refractivity contribution in [1.82, 2.24) is 4.90 Å². The zero-order valence-corrected chi connectivity index (χ0v) is 26.0. The minimum Gasteiger partial charge on any atom is -0.508 e. The van der Waals surface area contributed by atoms with Crippen molar-refractivity contribution in [2.75, 3.05) is 20.1 Å². The van der Waals surface area contributed by atoms with Gasteiger partial charge in [-0.05, 0) is 119 Å². The van der Waals surface area contributed by atoms with Gasteiger partial charge in [0.25, 0.3) is 0 Å². The monoisotopic (exact) mass is 619 g/mol. The average molecular weight is 620 g/mol. The van der Waals surface area contributed by atoms with Crippen molar-refractivity contribution >= 4 is 0 Å². The van der Waals surface area contributed by atoms with E-state index in [1.807, 2.05) is 19.1 Å². The fourth-order valence-corrected chi connectivity index (χ4v) is 8.76. The maximum atomic E-state index is 16.1. The number of phenols is 1. The summed E-state index contributed by atoms with van der Waals surface area (Å²) < 4.78 is 78.8. The Balaban J connectivity index is 1.21. The van der Waals surface area contributed by atoms with E-state index >= 15 is 4.39 Å². The van der Waals surface area contributed by atoms with Crippen molar-refractivity contribution in [3.05, 3.63) is 29.3 Å². The summed E-state index contributed by atoms with van der Waals surface area (Å²) >= 11 is 0. The van der Waals surface area contributed by atoms with Crippen LogP contribution in [0, 0.1) is 23.2 Å². The van der Waals surface area contributed by atoms with Gasteiger partial charge in [-0.1, -0.05) is 45.1 Å². The molecule has 1 aromatic carbocycles. The van der Waals surface area contributed by atoms with Crippen LogP contribution in [0.25, 0.3) is 0 Å². The van der Waals surface area contributed by atoms with E-state index in [9.17, 15) is 32.2 Å². The molecule has 2 N–H and O–H groups in total. The summed E-state index contributed by atoms with van der Waals surface area (Å²) in [4.78, 5) is 2.24. The number of fused-ring (bicyclic) bond motifs is 5. The quantitative estimate of drug-likeness (QED) is 0.161. The van der Waals surface area contributed by atoms with Gasteiger partial charge >= 0.3 is 12.1 Å². The summed E-state index contributed by atoms with van der Waals surface area (Å²) in [6.07, 6.45) is 1.95. The molecule has 4 rings (SSSR count). The Labute approximate surface area is 253 Å². The molecule has 0 aliphatic heterocycles. The van der Waals surface area contributed by atoms with E-state index in [-0.39, 0.29) is 29.9 Å². The molecule has 5 unspecified atom stereocenters. The van der Waals surface area contributed by atoms with Gasteiger partial charge in [0.05, 0.1) is 5.60 Å². The van der Waals surface area contributed by atoms with Crippen LogP contribution < -0.4 is 0 Å². The van der Waals surface area contributed by atoms with E-state index in [0.717, 1.165) is 75.6 Å². The molecule has 0 amide bonds. The number of hydrogen-bond donors (Lipinski definition) is 2. The first-order chi connectivity index (χ1) is 20.1. The molecule has 1 aromatic rings. The van der Waals surface area contributed by atoms with Crippen LogP contribution in [0.3, 0.4) is 0 Å². The molecular weight excluding hydrogens is 568 g/mol. The van der Waals surface area contributed by atoms with Crippen molar-refractivity contribution in [2.45, 2.75) is 134 Å². The van der Waals surface area contributed by atoms with E-state index in [2.05, 4.69) is 18.9 Å². The third-order valence-corrected chi connectivity index (χ3v) is 11.5. The molecule has 7 atom stereocenters. The molecule has 43 heavy (non-hydrogen) atoms. The fraction of sp³-hybridized carbons (Fsp3) is 0.824. The molecule has 3 aliphatic rings. The number of hydrogen-bond acceptors (Lipinski definition) is 3. The number of aromatic hydroxyl groups is 1. The zero-order valence-electron chi connectivity index (χ0n) is 26.0. The normalized spacial score (nSPS) is 32.5. The molecule has 3 aliphatic carbocycles. The molecule has 3 nitrogen and oxygen atoms in total. The number of phenolic OH excluding ortho intramolecular Hbond substituents is 1. The van der Waals surface area contributed by atoms with Crippen molar-refractivity contribution in [1.29, 1.82) is 0 Å². The summed E-state index contributed by atoms with van der Waals surface area (Å²) in [5, 5.41) is 21.4. The van der Waals surface area contributed by atoms with Crippen molar-refractivity contribution in [3.63, 3.8) is 0 Å². The molecule has 0 spiro atoms. The first-order valence-corrected chi connectivity index (χ1v) is 16.4. The van der Waals surface area contributed by atoms with Crippen LogP contribution in [0.4, 0.5) is 26.3 Å². The Morgan fingerprint density at radius 2 is 1.56 bits per heavy atom. The molecule has 2 saturated carbocycles. The Bertz CT molecular complexity index is 1060. The topological polar surface area (TPSA) is 43.7 Å². The molecule has 0 saturated heterocycles. The Kier molecular flexibility index (Phi) is 10.8. The number of nitrogens with zero attached hydrogens (tertiary/aromatic N) is 1. The van der Waals surface area contributed by atoms with Crippen LogP contribution in [0.1, 0.15) is 114 Å². The lowest BCUT2D eigenvalue weighted by Crippen LogP contribution is -2.54. The van der Waals surface area contributed by atoms with Gasteiger partial charge in [-0.2, -0.15) is 22.0 Å². The highest BCUT2D eigenvalue weighted by atomic mass is 19.4. The number of rotatable bonds is 14. The van der Waals surface area contributed by atoms with Crippen LogP contribution in [0.5, 0.6) is 5.75 Å². The van der Waals surface area contributed by atoms with Gasteiger partial charge in [-0.3, -0.25) is 0 Å². The van der Waals surface area contributed by atoms with Crippen LogP contribution >= 0.6 is 0 Å². The lowest BCUT2D eigenvalue weighted by atomic mass is 9.50. The van der Waals surface area contributed by atoms with Gasteiger partial charge in [0.15, 0.2) is 0 Å². The number of alkyl halides is 6. The third-order valence-electron chi connectivity index (χ3n) is 11.5. The zero-order chi connectivity index (χ0) is 31.6. The highest BCUT2D eigenvalue weighted by Crippen LogP contribution is 2.66. The van der Waals surface area contributed by atoms with Gasteiger partial charge in [-0.25, -0.2) is 4.39 Å². The number of halogens is 6. The molecule has 2 fully saturated rings. The van der Waals surface area contributed by atoms with Crippen LogP contribution in [-0.2, 0) is 6.42 Å². The fourth-order valence-electron chi connectivity index (χ4n) is 8.76. The summed E-state index contributed by atoms with van der Waals surface area (Å²) in [7, 11) is 2.05. The van der Waals surface area contributed by atoms with Gasteiger partial charge in [-0.15, -0.1) is 0 Å². The SMILES string of the molecule is CN(CCCCCCCC(F)(F)C(F)(F)F)CCCCC[C@@H]1Cc2cc(O)ccc2C2C(F)CC3(C)C(CC[C@]3(C)O)C21.